The number of carbonyl (C=O) groups is 2. The van der Waals surface area contributed by atoms with Crippen molar-refractivity contribution in [1.29, 1.82) is 0 Å². The SMILES string of the molecule is O=Cc1csc(-c2ccccc2C(=O)O)c1. The number of aromatic carboxylic acids is 1. The van der Waals surface area contributed by atoms with Crippen molar-refractivity contribution in [2.75, 3.05) is 0 Å². The average Bonchev–Trinajstić information content (AvgIpc) is 2.77. The summed E-state index contributed by atoms with van der Waals surface area (Å²) < 4.78 is 0. The molecule has 1 aromatic carbocycles. The number of hydrogen-bond acceptors (Lipinski definition) is 3. The van der Waals surface area contributed by atoms with Crippen molar-refractivity contribution in [3.05, 3.63) is 46.8 Å². The Hall–Kier alpha value is -1.94. The second-order valence-electron chi connectivity index (χ2n) is 3.21. The van der Waals surface area contributed by atoms with E-state index in [1.54, 1.807) is 35.7 Å². The first-order valence-corrected chi connectivity index (χ1v) is 5.46. The second-order valence-corrected chi connectivity index (χ2v) is 4.12. The first-order valence-electron chi connectivity index (χ1n) is 4.59. The first-order chi connectivity index (χ1) is 7.72. The van der Waals surface area contributed by atoms with Crippen molar-refractivity contribution in [3.63, 3.8) is 0 Å². The van der Waals surface area contributed by atoms with E-state index in [1.165, 1.54) is 11.3 Å². The number of carbonyl (C=O) groups excluding carboxylic acids is 1. The summed E-state index contributed by atoms with van der Waals surface area (Å²) >= 11 is 1.36. The Kier molecular flexibility index (Phi) is 2.83. The minimum absolute atomic E-state index is 0.252. The molecule has 0 aliphatic rings. The zero-order valence-electron chi connectivity index (χ0n) is 8.21. The molecule has 0 fully saturated rings. The van der Waals surface area contributed by atoms with Gasteiger partial charge in [-0.1, -0.05) is 18.2 Å². The molecule has 0 aliphatic heterocycles. The van der Waals surface area contributed by atoms with Crippen LogP contribution < -0.4 is 0 Å². The molecule has 0 bridgehead atoms. The molecule has 2 aromatic rings. The lowest BCUT2D eigenvalue weighted by atomic mass is 10.1. The van der Waals surface area contributed by atoms with E-state index in [0.717, 1.165) is 11.2 Å². The number of aldehydes is 1. The number of carboxylic acid groups (broad SMARTS) is 1. The molecule has 1 heterocycles. The number of carboxylic acids is 1. The molecule has 0 aliphatic carbocycles. The number of thiophene rings is 1. The smallest absolute Gasteiger partial charge is 0.336 e. The van der Waals surface area contributed by atoms with Crippen molar-refractivity contribution in [3.8, 4) is 10.4 Å². The fourth-order valence-electron chi connectivity index (χ4n) is 1.44. The first kappa shape index (κ1) is 10.6. The van der Waals surface area contributed by atoms with Crippen LogP contribution in [0.2, 0.25) is 0 Å². The van der Waals surface area contributed by atoms with Gasteiger partial charge in [0.15, 0.2) is 6.29 Å². The number of benzene rings is 1. The van der Waals surface area contributed by atoms with Crippen molar-refractivity contribution in [1.82, 2.24) is 0 Å². The van der Waals surface area contributed by atoms with Crippen LogP contribution in [0.3, 0.4) is 0 Å². The summed E-state index contributed by atoms with van der Waals surface area (Å²) in [5.74, 6) is -0.961. The summed E-state index contributed by atoms with van der Waals surface area (Å²) in [7, 11) is 0. The van der Waals surface area contributed by atoms with E-state index in [0.29, 0.717) is 11.1 Å². The van der Waals surface area contributed by atoms with E-state index in [-0.39, 0.29) is 5.56 Å². The Bertz CT molecular complexity index is 543. The molecule has 16 heavy (non-hydrogen) atoms. The Balaban J connectivity index is 2.54. The Morgan fingerprint density at radius 2 is 2.06 bits per heavy atom. The van der Waals surface area contributed by atoms with E-state index in [1.807, 2.05) is 0 Å². The van der Waals surface area contributed by atoms with Gasteiger partial charge in [0.1, 0.15) is 0 Å². The molecule has 1 N–H and O–H groups in total. The van der Waals surface area contributed by atoms with Gasteiger partial charge in [0, 0.05) is 21.4 Å². The van der Waals surface area contributed by atoms with Gasteiger partial charge >= 0.3 is 5.97 Å². The van der Waals surface area contributed by atoms with E-state index < -0.39 is 5.97 Å². The lowest BCUT2D eigenvalue weighted by Crippen LogP contribution is -1.98. The summed E-state index contributed by atoms with van der Waals surface area (Å²) in [6, 6.07) is 8.45. The van der Waals surface area contributed by atoms with Crippen molar-refractivity contribution in [2.45, 2.75) is 0 Å². The fourth-order valence-corrected chi connectivity index (χ4v) is 2.33. The molecule has 0 saturated carbocycles. The highest BCUT2D eigenvalue weighted by molar-refractivity contribution is 7.13. The zero-order valence-corrected chi connectivity index (χ0v) is 9.03. The Morgan fingerprint density at radius 3 is 2.69 bits per heavy atom. The largest absolute Gasteiger partial charge is 0.478 e. The number of rotatable bonds is 3. The molecule has 0 spiro atoms. The highest BCUT2D eigenvalue weighted by atomic mass is 32.1. The lowest BCUT2D eigenvalue weighted by molar-refractivity contribution is 0.0697. The molecule has 2 rings (SSSR count). The highest BCUT2D eigenvalue weighted by Gasteiger charge is 2.12. The Labute approximate surface area is 96.0 Å². The summed E-state index contributed by atoms with van der Waals surface area (Å²) in [5, 5.41) is 10.7. The quantitative estimate of drug-likeness (QED) is 0.828. The average molecular weight is 232 g/mol. The standard InChI is InChI=1S/C12H8O3S/c13-6-8-5-11(16-7-8)9-3-1-2-4-10(9)12(14)15/h1-7H,(H,14,15). The molecule has 0 radical (unpaired) electrons. The van der Waals surface area contributed by atoms with Gasteiger partial charge in [-0.2, -0.15) is 0 Å². The predicted molar refractivity (Wildman–Crippen MR) is 62.1 cm³/mol. The normalized spacial score (nSPS) is 10.0. The fraction of sp³-hybridized carbons (Fsp3) is 0. The molecule has 0 amide bonds. The lowest BCUT2D eigenvalue weighted by Gasteiger charge is -2.02. The van der Waals surface area contributed by atoms with Crippen molar-refractivity contribution < 1.29 is 14.7 Å². The van der Waals surface area contributed by atoms with Crippen LogP contribution >= 0.6 is 11.3 Å². The molecule has 1 aromatic heterocycles. The molecular formula is C12H8O3S. The minimum Gasteiger partial charge on any atom is -0.478 e. The van der Waals surface area contributed by atoms with Crippen LogP contribution in [0.5, 0.6) is 0 Å². The Morgan fingerprint density at radius 1 is 1.31 bits per heavy atom. The van der Waals surface area contributed by atoms with Gasteiger partial charge < -0.3 is 5.11 Å². The third kappa shape index (κ3) is 1.87. The maximum atomic E-state index is 11.0. The summed E-state index contributed by atoms with van der Waals surface area (Å²) in [5.41, 5.74) is 1.47. The van der Waals surface area contributed by atoms with Crippen LogP contribution in [-0.2, 0) is 0 Å². The highest BCUT2D eigenvalue weighted by Crippen LogP contribution is 2.29. The monoisotopic (exact) mass is 232 g/mol. The van der Waals surface area contributed by atoms with Crippen LogP contribution in [0, 0.1) is 0 Å². The van der Waals surface area contributed by atoms with Gasteiger partial charge in [-0.3, -0.25) is 4.79 Å². The van der Waals surface area contributed by atoms with Crippen molar-refractivity contribution in [2.24, 2.45) is 0 Å². The third-order valence-corrected chi connectivity index (χ3v) is 3.16. The summed E-state index contributed by atoms with van der Waals surface area (Å²) in [4.78, 5) is 22.4. The molecular weight excluding hydrogens is 224 g/mol. The molecule has 80 valence electrons. The van der Waals surface area contributed by atoms with Crippen LogP contribution in [0.15, 0.2) is 35.7 Å². The minimum atomic E-state index is -0.961. The summed E-state index contributed by atoms with van der Waals surface area (Å²) in [6.45, 7) is 0. The van der Waals surface area contributed by atoms with E-state index >= 15 is 0 Å². The number of hydrogen-bond donors (Lipinski definition) is 1. The predicted octanol–water partition coefficient (Wildman–Crippen LogP) is 2.93. The zero-order chi connectivity index (χ0) is 11.5. The van der Waals surface area contributed by atoms with Gasteiger partial charge in [-0.05, 0) is 12.1 Å². The van der Waals surface area contributed by atoms with Gasteiger partial charge in [0.05, 0.1) is 5.56 Å². The van der Waals surface area contributed by atoms with E-state index in [9.17, 15) is 9.59 Å². The maximum Gasteiger partial charge on any atom is 0.336 e. The van der Waals surface area contributed by atoms with E-state index in [4.69, 9.17) is 5.11 Å². The van der Waals surface area contributed by atoms with Gasteiger partial charge in [-0.15, -0.1) is 11.3 Å². The molecule has 0 unspecified atom stereocenters. The van der Waals surface area contributed by atoms with Gasteiger partial charge in [-0.25, -0.2) is 4.79 Å². The summed E-state index contributed by atoms with van der Waals surface area (Å²) in [6.07, 6.45) is 0.753. The second kappa shape index (κ2) is 4.28. The third-order valence-electron chi connectivity index (χ3n) is 2.18. The molecule has 0 saturated heterocycles. The molecule has 0 atom stereocenters. The van der Waals surface area contributed by atoms with Crippen LogP contribution in [-0.4, -0.2) is 17.4 Å². The van der Waals surface area contributed by atoms with Gasteiger partial charge in [0.2, 0.25) is 0 Å². The maximum absolute atomic E-state index is 11.0. The topological polar surface area (TPSA) is 54.4 Å². The van der Waals surface area contributed by atoms with Crippen LogP contribution in [0.25, 0.3) is 10.4 Å². The van der Waals surface area contributed by atoms with Crippen LogP contribution in [0.1, 0.15) is 20.7 Å². The van der Waals surface area contributed by atoms with Crippen molar-refractivity contribution >= 4 is 23.6 Å². The van der Waals surface area contributed by atoms with Gasteiger partial charge in [0.25, 0.3) is 0 Å². The van der Waals surface area contributed by atoms with Crippen LogP contribution in [0.4, 0.5) is 0 Å². The van der Waals surface area contributed by atoms with E-state index in [2.05, 4.69) is 0 Å². The molecule has 3 nitrogen and oxygen atoms in total. The molecule has 4 heteroatoms.